The molecule has 5 nitrogen and oxygen atoms in total. The number of thiophene rings is 1. The molecule has 1 amide bonds. The summed E-state index contributed by atoms with van der Waals surface area (Å²) in [7, 11) is 1.26. The molecule has 1 aromatic carbocycles. The van der Waals surface area contributed by atoms with E-state index in [-0.39, 0.29) is 28.7 Å². The number of rotatable bonds is 4. The number of carbonyl (C=O) groups excluding carboxylic acids is 2. The van der Waals surface area contributed by atoms with Crippen LogP contribution in [0.25, 0.3) is 0 Å². The van der Waals surface area contributed by atoms with Crippen LogP contribution in [0.2, 0.25) is 9.36 Å². The molecule has 22 heavy (non-hydrogen) atoms. The van der Waals surface area contributed by atoms with Crippen LogP contribution in [-0.4, -0.2) is 19.0 Å². The lowest BCUT2D eigenvalue weighted by atomic mass is 10.1. The topological polar surface area (TPSA) is 81.4 Å². The quantitative estimate of drug-likeness (QED) is 0.648. The van der Waals surface area contributed by atoms with Gasteiger partial charge < -0.3 is 15.8 Å². The minimum atomic E-state index is -0.569. The molecule has 116 valence electrons. The molecule has 0 radical (unpaired) electrons. The van der Waals surface area contributed by atoms with Crippen molar-refractivity contribution in [2.24, 2.45) is 0 Å². The first-order chi connectivity index (χ1) is 10.4. The standard InChI is InChI=1S/C14H12Cl2N2O3S/c1-21-14(20)8-3-2-7(12(17)11(8)16)6-18-13(19)9-4-5-10(15)22-9/h2-5H,6,17H2,1H3,(H,18,19). The van der Waals surface area contributed by atoms with E-state index in [0.29, 0.717) is 14.8 Å². The van der Waals surface area contributed by atoms with Crippen molar-refractivity contribution >= 4 is 52.1 Å². The Kier molecular flexibility index (Phi) is 5.28. The number of esters is 1. The number of anilines is 1. The third-order valence-corrected chi connectivity index (χ3v) is 4.55. The predicted octanol–water partition coefficient (Wildman–Crippen LogP) is 3.35. The molecule has 0 saturated carbocycles. The fourth-order valence-corrected chi connectivity index (χ4v) is 2.97. The molecular formula is C14H12Cl2N2O3S. The molecular weight excluding hydrogens is 347 g/mol. The zero-order valence-electron chi connectivity index (χ0n) is 11.5. The average Bonchev–Trinajstić information content (AvgIpc) is 2.94. The van der Waals surface area contributed by atoms with E-state index in [4.69, 9.17) is 28.9 Å². The van der Waals surface area contributed by atoms with E-state index in [1.165, 1.54) is 24.5 Å². The maximum absolute atomic E-state index is 11.9. The van der Waals surface area contributed by atoms with Gasteiger partial charge in [0.25, 0.3) is 5.91 Å². The van der Waals surface area contributed by atoms with Gasteiger partial charge in [-0.2, -0.15) is 0 Å². The molecule has 8 heteroatoms. The van der Waals surface area contributed by atoms with Crippen molar-refractivity contribution in [2.75, 3.05) is 12.8 Å². The van der Waals surface area contributed by atoms with Gasteiger partial charge in [-0.1, -0.05) is 29.3 Å². The Morgan fingerprint density at radius 2 is 2.00 bits per heavy atom. The summed E-state index contributed by atoms with van der Waals surface area (Å²) in [5, 5.41) is 2.83. The van der Waals surface area contributed by atoms with Crippen molar-refractivity contribution in [3.05, 3.63) is 49.6 Å². The fraction of sp³-hybridized carbons (Fsp3) is 0.143. The molecule has 2 aromatic rings. The minimum Gasteiger partial charge on any atom is -0.465 e. The SMILES string of the molecule is COC(=O)c1ccc(CNC(=O)c2ccc(Cl)s2)c(N)c1Cl. The fourth-order valence-electron chi connectivity index (χ4n) is 1.75. The van der Waals surface area contributed by atoms with Crippen LogP contribution in [0.5, 0.6) is 0 Å². The van der Waals surface area contributed by atoms with Gasteiger partial charge in [0, 0.05) is 6.54 Å². The van der Waals surface area contributed by atoms with Gasteiger partial charge in [0.15, 0.2) is 0 Å². The van der Waals surface area contributed by atoms with Crippen LogP contribution in [0.1, 0.15) is 25.6 Å². The maximum atomic E-state index is 11.9. The molecule has 0 atom stereocenters. The van der Waals surface area contributed by atoms with Gasteiger partial charge in [-0.3, -0.25) is 4.79 Å². The molecule has 2 rings (SSSR count). The van der Waals surface area contributed by atoms with Gasteiger partial charge in [-0.25, -0.2) is 4.79 Å². The van der Waals surface area contributed by atoms with Crippen LogP contribution >= 0.6 is 34.5 Å². The number of nitrogens with two attached hydrogens (primary N) is 1. The van der Waals surface area contributed by atoms with Crippen LogP contribution in [0, 0.1) is 0 Å². The number of ether oxygens (including phenoxy) is 1. The first-order valence-corrected chi connectivity index (χ1v) is 7.70. The number of carbonyl (C=O) groups is 2. The molecule has 0 aliphatic heterocycles. The van der Waals surface area contributed by atoms with E-state index in [2.05, 4.69) is 10.1 Å². The molecule has 0 saturated heterocycles. The third kappa shape index (κ3) is 3.52. The number of hydrogen-bond donors (Lipinski definition) is 2. The van der Waals surface area contributed by atoms with Gasteiger partial charge in [-0.05, 0) is 23.8 Å². The second kappa shape index (κ2) is 7.00. The highest BCUT2D eigenvalue weighted by Gasteiger charge is 2.16. The smallest absolute Gasteiger partial charge is 0.339 e. The molecule has 1 heterocycles. The normalized spacial score (nSPS) is 10.3. The molecule has 0 fully saturated rings. The summed E-state index contributed by atoms with van der Waals surface area (Å²) in [6.07, 6.45) is 0. The third-order valence-electron chi connectivity index (χ3n) is 2.91. The summed E-state index contributed by atoms with van der Waals surface area (Å²) in [5.41, 5.74) is 6.91. The van der Waals surface area contributed by atoms with E-state index in [1.54, 1.807) is 18.2 Å². The number of nitrogens with one attached hydrogen (secondary N) is 1. The average molecular weight is 359 g/mol. The van der Waals surface area contributed by atoms with Crippen LogP contribution < -0.4 is 11.1 Å². The molecule has 0 unspecified atom stereocenters. The largest absolute Gasteiger partial charge is 0.465 e. The van der Waals surface area contributed by atoms with Crippen LogP contribution in [0.3, 0.4) is 0 Å². The van der Waals surface area contributed by atoms with E-state index in [1.807, 2.05) is 0 Å². The number of nitrogen functional groups attached to an aromatic ring is 1. The summed E-state index contributed by atoms with van der Waals surface area (Å²) in [4.78, 5) is 24.0. The summed E-state index contributed by atoms with van der Waals surface area (Å²) in [6, 6.07) is 6.42. The lowest BCUT2D eigenvalue weighted by Gasteiger charge is -2.11. The zero-order chi connectivity index (χ0) is 16.3. The number of methoxy groups -OCH3 is 1. The number of amides is 1. The number of hydrogen-bond acceptors (Lipinski definition) is 5. The van der Waals surface area contributed by atoms with Crippen molar-refractivity contribution in [2.45, 2.75) is 6.54 Å². The minimum absolute atomic E-state index is 0.109. The lowest BCUT2D eigenvalue weighted by molar-refractivity contribution is 0.0600. The first-order valence-electron chi connectivity index (χ1n) is 6.12. The van der Waals surface area contributed by atoms with E-state index in [9.17, 15) is 9.59 Å². The van der Waals surface area contributed by atoms with Crippen molar-refractivity contribution < 1.29 is 14.3 Å². The van der Waals surface area contributed by atoms with Crippen molar-refractivity contribution in [1.82, 2.24) is 5.32 Å². The van der Waals surface area contributed by atoms with E-state index in [0.717, 1.165) is 0 Å². The predicted molar refractivity (Wildman–Crippen MR) is 87.7 cm³/mol. The van der Waals surface area contributed by atoms with Gasteiger partial charge >= 0.3 is 5.97 Å². The zero-order valence-corrected chi connectivity index (χ0v) is 13.8. The maximum Gasteiger partial charge on any atom is 0.339 e. The molecule has 3 N–H and O–H groups in total. The number of benzene rings is 1. The summed E-state index contributed by atoms with van der Waals surface area (Å²) >= 11 is 13.0. The lowest BCUT2D eigenvalue weighted by Crippen LogP contribution is -2.22. The van der Waals surface area contributed by atoms with E-state index < -0.39 is 5.97 Å². The van der Waals surface area contributed by atoms with Crippen molar-refractivity contribution in [1.29, 1.82) is 0 Å². The second-order valence-corrected chi connectivity index (χ2v) is 6.37. The van der Waals surface area contributed by atoms with Crippen LogP contribution in [0.15, 0.2) is 24.3 Å². The van der Waals surface area contributed by atoms with Crippen LogP contribution in [0.4, 0.5) is 5.69 Å². The van der Waals surface area contributed by atoms with Gasteiger partial charge in [0.05, 0.1) is 32.6 Å². The molecule has 0 spiro atoms. The van der Waals surface area contributed by atoms with Crippen molar-refractivity contribution in [3.8, 4) is 0 Å². The molecule has 0 aliphatic carbocycles. The number of halogens is 2. The highest BCUT2D eigenvalue weighted by molar-refractivity contribution is 7.17. The second-order valence-electron chi connectivity index (χ2n) is 4.28. The van der Waals surface area contributed by atoms with Gasteiger partial charge in [0.2, 0.25) is 0 Å². The molecule has 0 aliphatic rings. The van der Waals surface area contributed by atoms with Crippen molar-refractivity contribution in [3.63, 3.8) is 0 Å². The Bertz CT molecular complexity index is 731. The highest BCUT2D eigenvalue weighted by atomic mass is 35.5. The molecule has 1 aromatic heterocycles. The Hall–Kier alpha value is -1.76. The highest BCUT2D eigenvalue weighted by Crippen LogP contribution is 2.28. The summed E-state index contributed by atoms with van der Waals surface area (Å²) in [5.74, 6) is -0.829. The summed E-state index contributed by atoms with van der Waals surface area (Å²) in [6.45, 7) is 0.182. The first kappa shape index (κ1) is 16.6. The van der Waals surface area contributed by atoms with Crippen LogP contribution in [-0.2, 0) is 11.3 Å². The van der Waals surface area contributed by atoms with E-state index >= 15 is 0 Å². The van der Waals surface area contributed by atoms with Gasteiger partial charge in [0.1, 0.15) is 0 Å². The monoisotopic (exact) mass is 358 g/mol. The Labute approximate surface area is 141 Å². The van der Waals surface area contributed by atoms with Gasteiger partial charge in [-0.15, -0.1) is 11.3 Å². The summed E-state index contributed by atoms with van der Waals surface area (Å²) < 4.78 is 5.15. The Morgan fingerprint density at radius 1 is 1.27 bits per heavy atom. The Balaban J connectivity index is 2.12. The Morgan fingerprint density at radius 3 is 2.59 bits per heavy atom. The molecule has 0 bridgehead atoms.